The number of rotatable bonds is 4. The molecule has 2 aromatic heterocycles. The van der Waals surface area contributed by atoms with E-state index in [4.69, 9.17) is 11.6 Å². The van der Waals surface area contributed by atoms with E-state index in [1.807, 2.05) is 44.3 Å². The smallest absolute Gasteiger partial charge is 0.0537 e. The topological polar surface area (TPSA) is 46.0 Å². The predicted molar refractivity (Wildman–Crippen MR) is 96.9 cm³/mol. The minimum atomic E-state index is -0.389. The molecule has 24 heavy (non-hydrogen) atoms. The number of aromatic nitrogens is 2. The van der Waals surface area contributed by atoms with Gasteiger partial charge in [-0.2, -0.15) is 0 Å². The zero-order valence-electron chi connectivity index (χ0n) is 13.6. The average molecular weight is 338 g/mol. The SMILES string of the molecule is CC(C)(CO)c1cc(-c2cncc(-c3cc[c]cc3Cl)c2)ccn1. The number of halogens is 1. The number of nitrogens with zero attached hydrogens (tertiary/aromatic N) is 2. The molecule has 0 spiro atoms. The molecule has 0 aliphatic heterocycles. The number of pyridine rings is 2. The van der Waals surface area contributed by atoms with Crippen LogP contribution in [0.3, 0.4) is 0 Å². The van der Waals surface area contributed by atoms with Gasteiger partial charge in [-0.25, -0.2) is 0 Å². The van der Waals surface area contributed by atoms with Crippen molar-refractivity contribution in [3.05, 3.63) is 71.8 Å². The minimum Gasteiger partial charge on any atom is -0.395 e. The van der Waals surface area contributed by atoms with Gasteiger partial charge in [0.2, 0.25) is 0 Å². The Morgan fingerprint density at radius 1 is 1.12 bits per heavy atom. The molecule has 2 heterocycles. The summed E-state index contributed by atoms with van der Waals surface area (Å²) < 4.78 is 0. The molecule has 1 radical (unpaired) electrons. The maximum atomic E-state index is 9.56. The van der Waals surface area contributed by atoms with E-state index in [2.05, 4.69) is 22.1 Å². The lowest BCUT2D eigenvalue weighted by atomic mass is 9.88. The van der Waals surface area contributed by atoms with Gasteiger partial charge in [-0.1, -0.05) is 37.6 Å². The maximum Gasteiger partial charge on any atom is 0.0537 e. The van der Waals surface area contributed by atoms with E-state index in [0.717, 1.165) is 27.9 Å². The Kier molecular flexibility index (Phi) is 4.65. The van der Waals surface area contributed by atoms with E-state index in [9.17, 15) is 5.11 Å². The summed E-state index contributed by atoms with van der Waals surface area (Å²) in [5.41, 5.74) is 4.32. The summed E-state index contributed by atoms with van der Waals surface area (Å²) >= 11 is 6.26. The lowest BCUT2D eigenvalue weighted by Crippen LogP contribution is -2.23. The summed E-state index contributed by atoms with van der Waals surface area (Å²) in [4.78, 5) is 8.75. The monoisotopic (exact) mass is 337 g/mol. The first-order chi connectivity index (χ1) is 11.5. The van der Waals surface area contributed by atoms with Gasteiger partial charge in [-0.3, -0.25) is 9.97 Å². The minimum absolute atomic E-state index is 0.0395. The van der Waals surface area contributed by atoms with Crippen LogP contribution in [-0.2, 0) is 5.41 Å². The highest BCUT2D eigenvalue weighted by molar-refractivity contribution is 6.33. The number of hydrogen-bond donors (Lipinski definition) is 1. The highest BCUT2D eigenvalue weighted by Crippen LogP contribution is 2.31. The first kappa shape index (κ1) is 16.6. The third-order valence-corrected chi connectivity index (χ3v) is 4.36. The molecule has 0 amide bonds. The van der Waals surface area contributed by atoms with Crippen molar-refractivity contribution in [3.63, 3.8) is 0 Å². The van der Waals surface area contributed by atoms with E-state index >= 15 is 0 Å². The van der Waals surface area contributed by atoms with Crippen LogP contribution in [0.4, 0.5) is 0 Å². The molecule has 121 valence electrons. The molecule has 3 rings (SSSR count). The van der Waals surface area contributed by atoms with Crippen molar-refractivity contribution in [1.82, 2.24) is 9.97 Å². The van der Waals surface area contributed by atoms with Crippen molar-refractivity contribution in [1.29, 1.82) is 0 Å². The fourth-order valence-corrected chi connectivity index (χ4v) is 2.69. The predicted octanol–water partition coefficient (Wildman–Crippen LogP) is 4.53. The van der Waals surface area contributed by atoms with E-state index in [1.54, 1.807) is 18.5 Å². The zero-order valence-corrected chi connectivity index (χ0v) is 14.4. The van der Waals surface area contributed by atoms with Crippen LogP contribution in [0, 0.1) is 6.07 Å². The Morgan fingerprint density at radius 2 is 1.92 bits per heavy atom. The van der Waals surface area contributed by atoms with Gasteiger partial charge in [0.1, 0.15) is 0 Å². The largest absolute Gasteiger partial charge is 0.395 e. The molecule has 1 aromatic carbocycles. The molecule has 0 atom stereocenters. The Hall–Kier alpha value is -2.23. The van der Waals surface area contributed by atoms with Gasteiger partial charge in [0, 0.05) is 51.4 Å². The highest BCUT2D eigenvalue weighted by atomic mass is 35.5. The van der Waals surface area contributed by atoms with Crippen molar-refractivity contribution < 1.29 is 5.11 Å². The number of aliphatic hydroxyl groups is 1. The third kappa shape index (κ3) is 3.32. The Morgan fingerprint density at radius 3 is 2.67 bits per heavy atom. The summed E-state index contributed by atoms with van der Waals surface area (Å²) in [5, 5.41) is 10.2. The average Bonchev–Trinajstić information content (AvgIpc) is 2.62. The molecule has 0 fully saturated rings. The zero-order chi connectivity index (χ0) is 17.2. The van der Waals surface area contributed by atoms with Crippen LogP contribution in [0.25, 0.3) is 22.3 Å². The van der Waals surface area contributed by atoms with Crippen LogP contribution < -0.4 is 0 Å². The number of hydrogen-bond acceptors (Lipinski definition) is 3. The number of aliphatic hydroxyl groups excluding tert-OH is 1. The second kappa shape index (κ2) is 6.71. The fourth-order valence-electron chi connectivity index (χ4n) is 2.45. The molecule has 0 aliphatic rings. The van der Waals surface area contributed by atoms with E-state index in [0.29, 0.717) is 5.02 Å². The van der Waals surface area contributed by atoms with Gasteiger partial charge >= 0.3 is 0 Å². The molecule has 0 bridgehead atoms. The van der Waals surface area contributed by atoms with Gasteiger partial charge in [-0.05, 0) is 35.9 Å². The fraction of sp³-hybridized carbons (Fsp3) is 0.200. The number of benzene rings is 1. The Balaban J connectivity index is 2.04. The van der Waals surface area contributed by atoms with Gasteiger partial charge < -0.3 is 5.11 Å². The van der Waals surface area contributed by atoms with E-state index < -0.39 is 0 Å². The van der Waals surface area contributed by atoms with Gasteiger partial charge in [0.15, 0.2) is 0 Å². The van der Waals surface area contributed by atoms with Crippen LogP contribution in [0.2, 0.25) is 5.02 Å². The first-order valence-corrected chi connectivity index (χ1v) is 8.08. The van der Waals surface area contributed by atoms with E-state index in [-0.39, 0.29) is 12.0 Å². The molecule has 0 unspecified atom stereocenters. The van der Waals surface area contributed by atoms with Gasteiger partial charge in [0.05, 0.1) is 6.61 Å². The van der Waals surface area contributed by atoms with Crippen LogP contribution >= 0.6 is 11.6 Å². The summed E-state index contributed by atoms with van der Waals surface area (Å²) in [6.45, 7) is 3.97. The normalized spacial score (nSPS) is 11.5. The van der Waals surface area contributed by atoms with E-state index in [1.165, 1.54) is 0 Å². The van der Waals surface area contributed by atoms with Crippen LogP contribution in [0.5, 0.6) is 0 Å². The first-order valence-electron chi connectivity index (χ1n) is 7.70. The Bertz CT molecular complexity index is 862. The quantitative estimate of drug-likeness (QED) is 0.760. The van der Waals surface area contributed by atoms with Crippen LogP contribution in [0.1, 0.15) is 19.5 Å². The van der Waals surface area contributed by atoms with Crippen LogP contribution in [0.15, 0.2) is 55.0 Å². The standard InChI is InChI=1S/C20H18ClN2O/c1-20(2,13-24)19-10-14(7-8-23-19)15-9-16(12-22-11-15)17-5-3-4-6-18(17)21/h3,5-12,24H,13H2,1-2H3. The molecule has 0 saturated heterocycles. The van der Waals surface area contributed by atoms with Crippen molar-refractivity contribution in [2.75, 3.05) is 6.61 Å². The summed E-state index contributed by atoms with van der Waals surface area (Å²) in [6, 6.07) is 14.5. The molecular weight excluding hydrogens is 320 g/mol. The van der Waals surface area contributed by atoms with Crippen molar-refractivity contribution in [3.8, 4) is 22.3 Å². The second-order valence-corrected chi connectivity index (χ2v) is 6.75. The van der Waals surface area contributed by atoms with Gasteiger partial charge in [-0.15, -0.1) is 0 Å². The van der Waals surface area contributed by atoms with Crippen LogP contribution in [-0.4, -0.2) is 21.7 Å². The molecule has 4 heteroatoms. The van der Waals surface area contributed by atoms with Gasteiger partial charge in [0.25, 0.3) is 0 Å². The molecule has 3 nitrogen and oxygen atoms in total. The second-order valence-electron chi connectivity index (χ2n) is 6.34. The molecule has 3 aromatic rings. The molecule has 0 saturated carbocycles. The molecule has 0 aliphatic carbocycles. The van der Waals surface area contributed by atoms with Crippen molar-refractivity contribution >= 4 is 11.6 Å². The molecule has 1 N–H and O–H groups in total. The lowest BCUT2D eigenvalue weighted by Gasteiger charge is -2.21. The molecular formula is C20H18ClN2O. The third-order valence-electron chi connectivity index (χ3n) is 4.04. The van der Waals surface area contributed by atoms with Crippen molar-refractivity contribution in [2.24, 2.45) is 0 Å². The highest BCUT2D eigenvalue weighted by Gasteiger charge is 2.21. The Labute approximate surface area is 147 Å². The summed E-state index contributed by atoms with van der Waals surface area (Å²) in [7, 11) is 0. The van der Waals surface area contributed by atoms with Crippen molar-refractivity contribution in [2.45, 2.75) is 19.3 Å². The maximum absolute atomic E-state index is 9.56. The lowest BCUT2D eigenvalue weighted by molar-refractivity contribution is 0.215. The summed E-state index contributed by atoms with van der Waals surface area (Å²) in [6.07, 6.45) is 5.38. The summed E-state index contributed by atoms with van der Waals surface area (Å²) in [5.74, 6) is 0.